The Morgan fingerprint density at radius 1 is 1.43 bits per heavy atom. The van der Waals surface area contributed by atoms with Gasteiger partial charge in [0, 0.05) is 25.2 Å². The highest BCUT2D eigenvalue weighted by Gasteiger charge is 2.10. The van der Waals surface area contributed by atoms with E-state index in [0.717, 1.165) is 42.1 Å². The van der Waals surface area contributed by atoms with Crippen LogP contribution in [0.4, 0.5) is 5.69 Å². The largest absolute Gasteiger partial charge is 0.399 e. The second-order valence-electron chi connectivity index (χ2n) is 5.03. The summed E-state index contributed by atoms with van der Waals surface area (Å²) in [7, 11) is 0. The lowest BCUT2D eigenvalue weighted by Gasteiger charge is -2.18. The first kappa shape index (κ1) is 15.3. The molecule has 0 atom stereocenters. The molecule has 2 aromatic rings. The highest BCUT2D eigenvalue weighted by Crippen LogP contribution is 2.15. The first-order chi connectivity index (χ1) is 10.1. The van der Waals surface area contributed by atoms with Crippen LogP contribution in [0.3, 0.4) is 0 Å². The zero-order valence-corrected chi connectivity index (χ0v) is 12.6. The molecule has 0 aliphatic heterocycles. The molecule has 21 heavy (non-hydrogen) atoms. The standard InChI is InChI=1S/C15H23N5O/c1-3-17-15(21)10-20(4-2)8-7-14-18-12-6-5-11(16)9-13(12)19-14/h5-6,9H,3-4,7-8,10,16H2,1-2H3,(H,17,21)(H,18,19). The number of nitrogen functional groups attached to an aromatic ring is 1. The third-order valence-electron chi connectivity index (χ3n) is 3.41. The number of anilines is 1. The summed E-state index contributed by atoms with van der Waals surface area (Å²) >= 11 is 0. The number of carbonyl (C=O) groups excluding carboxylic acids is 1. The quantitative estimate of drug-likeness (QED) is 0.667. The number of aromatic nitrogens is 2. The first-order valence-electron chi connectivity index (χ1n) is 7.35. The van der Waals surface area contributed by atoms with Crippen molar-refractivity contribution in [2.45, 2.75) is 20.3 Å². The van der Waals surface area contributed by atoms with Crippen LogP contribution < -0.4 is 11.1 Å². The molecule has 0 fully saturated rings. The maximum Gasteiger partial charge on any atom is 0.234 e. The summed E-state index contributed by atoms with van der Waals surface area (Å²) in [6.07, 6.45) is 0.780. The van der Waals surface area contributed by atoms with E-state index < -0.39 is 0 Å². The summed E-state index contributed by atoms with van der Waals surface area (Å²) in [6, 6.07) is 5.65. The zero-order valence-electron chi connectivity index (χ0n) is 12.6. The number of nitrogens with zero attached hydrogens (tertiary/aromatic N) is 2. The molecule has 0 unspecified atom stereocenters. The van der Waals surface area contributed by atoms with Gasteiger partial charge in [-0.2, -0.15) is 0 Å². The van der Waals surface area contributed by atoms with Gasteiger partial charge in [0.2, 0.25) is 5.91 Å². The van der Waals surface area contributed by atoms with Crippen LogP contribution in [0.1, 0.15) is 19.7 Å². The summed E-state index contributed by atoms with van der Waals surface area (Å²) < 4.78 is 0. The molecule has 0 spiro atoms. The number of fused-ring (bicyclic) bond motifs is 1. The lowest BCUT2D eigenvalue weighted by Crippen LogP contribution is -2.38. The lowest BCUT2D eigenvalue weighted by molar-refractivity contribution is -0.122. The van der Waals surface area contributed by atoms with Gasteiger partial charge in [-0.05, 0) is 31.7 Å². The number of aromatic amines is 1. The van der Waals surface area contributed by atoms with Crippen molar-refractivity contribution in [3.63, 3.8) is 0 Å². The molecule has 2 rings (SSSR count). The summed E-state index contributed by atoms with van der Waals surface area (Å²) in [4.78, 5) is 21.5. The Kier molecular flexibility index (Phi) is 5.16. The summed E-state index contributed by atoms with van der Waals surface area (Å²) in [6.45, 7) is 6.71. The molecule has 0 saturated heterocycles. The number of hydrogen-bond donors (Lipinski definition) is 3. The Bertz CT molecular complexity index is 607. The molecular weight excluding hydrogens is 266 g/mol. The van der Waals surface area contributed by atoms with Gasteiger partial charge < -0.3 is 16.0 Å². The molecule has 4 N–H and O–H groups in total. The zero-order chi connectivity index (χ0) is 15.2. The molecule has 1 aromatic carbocycles. The van der Waals surface area contributed by atoms with Crippen LogP contribution in [0.25, 0.3) is 11.0 Å². The van der Waals surface area contributed by atoms with Gasteiger partial charge in [-0.15, -0.1) is 0 Å². The van der Waals surface area contributed by atoms with E-state index in [0.29, 0.717) is 13.1 Å². The molecule has 0 aliphatic carbocycles. The fourth-order valence-electron chi connectivity index (χ4n) is 2.27. The lowest BCUT2D eigenvalue weighted by atomic mass is 10.3. The van der Waals surface area contributed by atoms with Crippen molar-refractivity contribution in [1.29, 1.82) is 0 Å². The van der Waals surface area contributed by atoms with Gasteiger partial charge in [0.1, 0.15) is 5.82 Å². The van der Waals surface area contributed by atoms with Crippen LogP contribution in [0.15, 0.2) is 18.2 Å². The molecular formula is C15H23N5O. The summed E-state index contributed by atoms with van der Waals surface area (Å²) in [5, 5.41) is 2.82. The van der Waals surface area contributed by atoms with Crippen LogP contribution in [0.5, 0.6) is 0 Å². The highest BCUT2D eigenvalue weighted by atomic mass is 16.2. The minimum Gasteiger partial charge on any atom is -0.399 e. The molecule has 114 valence electrons. The molecule has 1 heterocycles. The molecule has 6 nitrogen and oxygen atoms in total. The molecule has 0 bridgehead atoms. The van der Waals surface area contributed by atoms with E-state index >= 15 is 0 Å². The van der Waals surface area contributed by atoms with Crippen molar-refractivity contribution < 1.29 is 4.79 Å². The van der Waals surface area contributed by atoms with Crippen LogP contribution in [0.2, 0.25) is 0 Å². The molecule has 1 aromatic heterocycles. The molecule has 0 radical (unpaired) electrons. The Morgan fingerprint density at radius 3 is 2.95 bits per heavy atom. The minimum absolute atomic E-state index is 0.0664. The minimum atomic E-state index is 0.0664. The van der Waals surface area contributed by atoms with Gasteiger partial charge >= 0.3 is 0 Å². The monoisotopic (exact) mass is 289 g/mol. The number of rotatable bonds is 7. The van der Waals surface area contributed by atoms with Crippen molar-refractivity contribution >= 4 is 22.6 Å². The number of likely N-dealkylation sites (N-methyl/N-ethyl adjacent to an activating group) is 2. The van der Waals surface area contributed by atoms with Crippen molar-refractivity contribution in [2.75, 3.05) is 31.9 Å². The summed E-state index contributed by atoms with van der Waals surface area (Å²) in [5.41, 5.74) is 8.36. The number of nitrogens with two attached hydrogens (primary N) is 1. The van der Waals surface area contributed by atoms with Crippen LogP contribution >= 0.6 is 0 Å². The number of benzene rings is 1. The highest BCUT2D eigenvalue weighted by molar-refractivity contribution is 5.79. The van der Waals surface area contributed by atoms with Gasteiger partial charge in [0.05, 0.1) is 17.6 Å². The van der Waals surface area contributed by atoms with Gasteiger partial charge in [0.25, 0.3) is 0 Å². The molecule has 0 aliphatic rings. The fraction of sp³-hybridized carbons (Fsp3) is 0.467. The van der Waals surface area contributed by atoms with Gasteiger partial charge in [-0.25, -0.2) is 4.98 Å². The SMILES string of the molecule is CCNC(=O)CN(CC)CCc1nc2ccc(N)cc2[nH]1. The third-order valence-corrected chi connectivity index (χ3v) is 3.41. The van der Waals surface area contributed by atoms with Crippen molar-refractivity contribution in [1.82, 2.24) is 20.2 Å². The van der Waals surface area contributed by atoms with Crippen LogP contribution in [-0.2, 0) is 11.2 Å². The van der Waals surface area contributed by atoms with Gasteiger partial charge in [-0.1, -0.05) is 6.92 Å². The smallest absolute Gasteiger partial charge is 0.234 e. The van der Waals surface area contributed by atoms with E-state index in [4.69, 9.17) is 5.73 Å². The molecule has 0 saturated carbocycles. The maximum atomic E-state index is 11.6. The normalized spacial score (nSPS) is 11.2. The van der Waals surface area contributed by atoms with E-state index in [1.54, 1.807) is 0 Å². The van der Waals surface area contributed by atoms with Crippen LogP contribution in [0, 0.1) is 0 Å². The Hall–Kier alpha value is -2.08. The third kappa shape index (κ3) is 4.19. The van der Waals surface area contributed by atoms with Gasteiger partial charge in [0.15, 0.2) is 0 Å². The number of carbonyl (C=O) groups is 1. The predicted molar refractivity (Wildman–Crippen MR) is 85.0 cm³/mol. The topological polar surface area (TPSA) is 87.0 Å². The first-order valence-corrected chi connectivity index (χ1v) is 7.35. The second-order valence-corrected chi connectivity index (χ2v) is 5.03. The Morgan fingerprint density at radius 2 is 2.24 bits per heavy atom. The number of nitrogens with one attached hydrogen (secondary N) is 2. The average Bonchev–Trinajstić information content (AvgIpc) is 2.85. The van der Waals surface area contributed by atoms with E-state index in [1.165, 1.54) is 0 Å². The van der Waals surface area contributed by atoms with E-state index in [2.05, 4.69) is 27.1 Å². The van der Waals surface area contributed by atoms with Crippen molar-refractivity contribution in [2.24, 2.45) is 0 Å². The number of hydrogen-bond acceptors (Lipinski definition) is 4. The maximum absolute atomic E-state index is 11.6. The Balaban J connectivity index is 1.94. The van der Waals surface area contributed by atoms with E-state index in [9.17, 15) is 4.79 Å². The number of amides is 1. The second kappa shape index (κ2) is 7.08. The van der Waals surface area contributed by atoms with E-state index in [1.807, 2.05) is 25.1 Å². The van der Waals surface area contributed by atoms with Crippen molar-refractivity contribution in [3.8, 4) is 0 Å². The van der Waals surface area contributed by atoms with Crippen LogP contribution in [-0.4, -0.2) is 47.0 Å². The number of imidazole rings is 1. The fourth-order valence-corrected chi connectivity index (χ4v) is 2.27. The van der Waals surface area contributed by atoms with Gasteiger partial charge in [-0.3, -0.25) is 9.69 Å². The predicted octanol–water partition coefficient (Wildman–Crippen LogP) is 1.15. The van der Waals surface area contributed by atoms with E-state index in [-0.39, 0.29) is 5.91 Å². The van der Waals surface area contributed by atoms with Crippen molar-refractivity contribution in [3.05, 3.63) is 24.0 Å². The number of H-pyrrole nitrogens is 1. The average molecular weight is 289 g/mol. The molecule has 1 amide bonds. The Labute approximate surface area is 124 Å². The molecule has 6 heteroatoms. The summed E-state index contributed by atoms with van der Waals surface area (Å²) in [5.74, 6) is 0.988.